The maximum Gasteiger partial charge on any atom is 0.320 e. The minimum atomic E-state index is -0.723. The van der Waals surface area contributed by atoms with Crippen molar-refractivity contribution in [3.05, 3.63) is 42.3 Å². The molecule has 2 rings (SSSR count). The van der Waals surface area contributed by atoms with Crippen LogP contribution in [0.4, 0.5) is 5.69 Å². The van der Waals surface area contributed by atoms with Crippen molar-refractivity contribution in [2.45, 2.75) is 45.4 Å². The Labute approximate surface area is 155 Å². The lowest BCUT2D eigenvalue weighted by Crippen LogP contribution is -2.38. The number of unbranched alkanes of at least 4 members (excludes halogenated alkanes) is 5. The maximum atomic E-state index is 11.9. The topological polar surface area (TPSA) is 77.1 Å². The van der Waals surface area contributed by atoms with Crippen molar-refractivity contribution in [1.29, 1.82) is 0 Å². The van der Waals surface area contributed by atoms with E-state index in [2.05, 4.69) is 12.0 Å². The number of hydrogen-bond donors (Lipinski definition) is 1. The fourth-order valence-electron chi connectivity index (χ4n) is 2.76. The lowest BCUT2D eigenvalue weighted by Gasteiger charge is -2.28. The Balaban J connectivity index is 2.03. The van der Waals surface area contributed by atoms with Gasteiger partial charge < -0.3 is 15.2 Å². The average Bonchev–Trinajstić information content (AvgIpc) is 2.68. The first-order valence-electron chi connectivity index (χ1n) is 9.29. The molecule has 6 heteroatoms. The lowest BCUT2D eigenvalue weighted by molar-refractivity contribution is -0.141. The van der Waals surface area contributed by atoms with Gasteiger partial charge in [0, 0.05) is 0 Å². The first-order chi connectivity index (χ1) is 12.7. The van der Waals surface area contributed by atoms with Gasteiger partial charge in [0.25, 0.3) is 0 Å². The van der Waals surface area contributed by atoms with Crippen molar-refractivity contribution in [3.8, 4) is 0 Å². The largest absolute Gasteiger partial charge is 0.478 e. The molecule has 0 fully saturated rings. The molecule has 0 aliphatic carbocycles. The summed E-state index contributed by atoms with van der Waals surface area (Å²) >= 11 is 0. The number of hydrazone groups is 1. The van der Waals surface area contributed by atoms with Crippen molar-refractivity contribution in [2.75, 3.05) is 18.7 Å². The Kier molecular flexibility index (Phi) is 7.99. The zero-order valence-electron chi connectivity index (χ0n) is 15.7. The van der Waals surface area contributed by atoms with Gasteiger partial charge in [-0.1, -0.05) is 57.2 Å². The molecule has 1 atom stereocenters. The monoisotopic (exact) mass is 359 g/mol. The van der Waals surface area contributed by atoms with Crippen molar-refractivity contribution >= 4 is 17.5 Å². The van der Waals surface area contributed by atoms with E-state index in [4.69, 9.17) is 15.2 Å². The molecule has 0 saturated heterocycles. The highest BCUT2D eigenvalue weighted by Gasteiger charge is 2.30. The van der Waals surface area contributed by atoms with Crippen LogP contribution in [0, 0.1) is 5.92 Å². The molecule has 142 valence electrons. The number of esters is 1. The van der Waals surface area contributed by atoms with E-state index >= 15 is 0 Å². The zero-order valence-corrected chi connectivity index (χ0v) is 15.7. The molecular weight excluding hydrogens is 330 g/mol. The van der Waals surface area contributed by atoms with E-state index in [9.17, 15) is 4.79 Å². The highest BCUT2D eigenvalue weighted by atomic mass is 16.5. The number of nitrogens with two attached hydrogens (primary N) is 1. The van der Waals surface area contributed by atoms with Gasteiger partial charge in [0.15, 0.2) is 0 Å². The minimum absolute atomic E-state index is 0.188. The predicted octanol–water partition coefficient (Wildman–Crippen LogP) is 3.79. The van der Waals surface area contributed by atoms with Gasteiger partial charge in [0.1, 0.15) is 11.8 Å². The molecule has 0 saturated carbocycles. The van der Waals surface area contributed by atoms with Gasteiger partial charge in [-0.05, 0) is 24.6 Å². The summed E-state index contributed by atoms with van der Waals surface area (Å²) in [6.45, 7) is 2.78. The van der Waals surface area contributed by atoms with Crippen LogP contribution < -0.4 is 10.7 Å². The summed E-state index contributed by atoms with van der Waals surface area (Å²) in [5.74, 6) is -0.471. The Morgan fingerprint density at radius 2 is 1.85 bits per heavy atom. The Morgan fingerprint density at radius 3 is 2.54 bits per heavy atom. The van der Waals surface area contributed by atoms with E-state index in [1.165, 1.54) is 32.8 Å². The summed E-state index contributed by atoms with van der Waals surface area (Å²) < 4.78 is 10.8. The smallest absolute Gasteiger partial charge is 0.320 e. The quantitative estimate of drug-likeness (QED) is 0.508. The predicted molar refractivity (Wildman–Crippen MR) is 103 cm³/mol. The third-order valence-electron chi connectivity index (χ3n) is 4.26. The number of ether oxygens (including phenoxy) is 2. The molecular formula is C20H29N3O3. The van der Waals surface area contributed by atoms with Gasteiger partial charge in [0.2, 0.25) is 5.88 Å². The van der Waals surface area contributed by atoms with Crippen molar-refractivity contribution < 1.29 is 14.3 Å². The van der Waals surface area contributed by atoms with Crippen LogP contribution in [0.2, 0.25) is 0 Å². The second-order valence-corrected chi connectivity index (χ2v) is 6.29. The summed E-state index contributed by atoms with van der Waals surface area (Å²) in [7, 11) is 1.34. The SMILES string of the molecule is CCCCCCCCOC1=CC(C(=O)OC)C(N)=NN1c1ccccc1. The number of para-hydroxylation sites is 1. The van der Waals surface area contributed by atoms with Gasteiger partial charge in [0.05, 0.1) is 19.4 Å². The van der Waals surface area contributed by atoms with Gasteiger partial charge in [-0.3, -0.25) is 4.79 Å². The molecule has 1 heterocycles. The van der Waals surface area contributed by atoms with Crippen LogP contribution in [0.15, 0.2) is 47.4 Å². The minimum Gasteiger partial charge on any atom is -0.478 e. The summed E-state index contributed by atoms with van der Waals surface area (Å²) in [5, 5.41) is 5.99. The third-order valence-corrected chi connectivity index (χ3v) is 4.26. The van der Waals surface area contributed by atoms with E-state index in [0.717, 1.165) is 18.5 Å². The van der Waals surface area contributed by atoms with Crippen LogP contribution in [0.3, 0.4) is 0 Å². The molecule has 0 bridgehead atoms. The molecule has 1 unspecified atom stereocenters. The van der Waals surface area contributed by atoms with E-state index < -0.39 is 11.9 Å². The van der Waals surface area contributed by atoms with Crippen LogP contribution in [0.1, 0.15) is 45.4 Å². The van der Waals surface area contributed by atoms with Gasteiger partial charge in [-0.2, -0.15) is 10.1 Å². The van der Waals surface area contributed by atoms with Crippen LogP contribution >= 0.6 is 0 Å². The van der Waals surface area contributed by atoms with E-state index in [1.54, 1.807) is 11.1 Å². The summed E-state index contributed by atoms with van der Waals surface area (Å²) in [4.78, 5) is 11.9. The summed E-state index contributed by atoms with van der Waals surface area (Å²) in [6.07, 6.45) is 8.77. The normalized spacial score (nSPS) is 16.7. The number of amidine groups is 1. The molecule has 2 N–H and O–H groups in total. The Bertz CT molecular complexity index is 628. The van der Waals surface area contributed by atoms with Crippen molar-refractivity contribution in [2.24, 2.45) is 16.8 Å². The highest BCUT2D eigenvalue weighted by Crippen LogP contribution is 2.26. The first kappa shape index (κ1) is 19.8. The van der Waals surface area contributed by atoms with Crippen molar-refractivity contribution in [1.82, 2.24) is 0 Å². The zero-order chi connectivity index (χ0) is 18.8. The third kappa shape index (κ3) is 5.51. The second-order valence-electron chi connectivity index (χ2n) is 6.29. The number of carbonyl (C=O) groups excluding carboxylic acids is 1. The molecule has 26 heavy (non-hydrogen) atoms. The van der Waals surface area contributed by atoms with Crippen LogP contribution in [0.25, 0.3) is 0 Å². The molecule has 1 aromatic carbocycles. The number of benzene rings is 1. The molecule has 0 spiro atoms. The van der Waals surface area contributed by atoms with Crippen LogP contribution in [-0.4, -0.2) is 25.5 Å². The molecule has 1 aromatic rings. The van der Waals surface area contributed by atoms with Gasteiger partial charge >= 0.3 is 5.97 Å². The number of hydrogen-bond acceptors (Lipinski definition) is 6. The standard InChI is InChI=1S/C20H29N3O3/c1-3-4-5-6-7-11-14-26-18-15-17(20(24)25-2)19(21)22-23(18)16-12-9-8-10-13-16/h8-10,12-13,15,17H,3-7,11,14H2,1-2H3,(H2,21,22). The average molecular weight is 359 g/mol. The molecule has 1 aliphatic rings. The highest BCUT2D eigenvalue weighted by molar-refractivity contribution is 6.03. The van der Waals surface area contributed by atoms with Crippen LogP contribution in [-0.2, 0) is 14.3 Å². The van der Waals surface area contributed by atoms with E-state index in [0.29, 0.717) is 12.5 Å². The number of anilines is 1. The first-order valence-corrected chi connectivity index (χ1v) is 9.29. The van der Waals surface area contributed by atoms with Gasteiger partial charge in [-0.15, -0.1) is 0 Å². The molecule has 0 aromatic heterocycles. The Morgan fingerprint density at radius 1 is 1.15 bits per heavy atom. The molecule has 0 radical (unpaired) electrons. The summed E-state index contributed by atoms with van der Waals surface area (Å²) in [5.41, 5.74) is 6.80. The summed E-state index contributed by atoms with van der Waals surface area (Å²) in [6, 6.07) is 9.59. The van der Waals surface area contributed by atoms with Gasteiger partial charge in [-0.25, -0.2) is 0 Å². The molecule has 0 amide bonds. The fraction of sp³-hybridized carbons (Fsp3) is 0.500. The second kappa shape index (κ2) is 10.5. The Hall–Kier alpha value is -2.50. The molecule has 1 aliphatic heterocycles. The fourth-order valence-corrected chi connectivity index (χ4v) is 2.76. The number of carbonyl (C=O) groups is 1. The molecule has 6 nitrogen and oxygen atoms in total. The number of nitrogens with zero attached hydrogens (tertiary/aromatic N) is 2. The number of rotatable bonds is 10. The van der Waals surface area contributed by atoms with E-state index in [1.807, 2.05) is 30.3 Å². The lowest BCUT2D eigenvalue weighted by atomic mass is 10.1. The van der Waals surface area contributed by atoms with Crippen molar-refractivity contribution in [3.63, 3.8) is 0 Å². The number of methoxy groups -OCH3 is 1. The maximum absolute atomic E-state index is 11.9. The van der Waals surface area contributed by atoms with Crippen LogP contribution in [0.5, 0.6) is 0 Å². The van der Waals surface area contributed by atoms with E-state index in [-0.39, 0.29) is 5.84 Å².